The molecule has 5 heteroatoms. The minimum Gasteiger partial charge on any atom is -0.311 e. The molecule has 0 atom stereocenters. The summed E-state index contributed by atoms with van der Waals surface area (Å²) in [5, 5.41) is 11.5. The Labute approximate surface area is 116 Å². The molecule has 0 spiro atoms. The van der Waals surface area contributed by atoms with Crippen molar-refractivity contribution in [3.8, 4) is 5.69 Å². The van der Waals surface area contributed by atoms with Gasteiger partial charge >= 0.3 is 0 Å². The first kappa shape index (κ1) is 13.2. The lowest BCUT2D eigenvalue weighted by molar-refractivity contribution is 0.641. The maximum absolute atomic E-state index is 4.15. The molecular weight excluding hydrogens is 292 g/mol. The molecule has 1 heterocycles. The van der Waals surface area contributed by atoms with E-state index >= 15 is 0 Å². The van der Waals surface area contributed by atoms with Crippen LogP contribution in [0, 0.1) is 6.92 Å². The Kier molecular flexibility index (Phi) is 4.49. The SMILES string of the molecule is CCCNCc1cnnn1-c1ccc(Br)c(C)c1. The van der Waals surface area contributed by atoms with Crippen LogP contribution in [0.1, 0.15) is 24.6 Å². The molecule has 4 nitrogen and oxygen atoms in total. The number of nitrogens with one attached hydrogen (secondary N) is 1. The number of halogens is 1. The lowest BCUT2D eigenvalue weighted by atomic mass is 10.2. The van der Waals surface area contributed by atoms with Gasteiger partial charge in [-0.25, -0.2) is 4.68 Å². The van der Waals surface area contributed by atoms with Gasteiger partial charge in [0, 0.05) is 11.0 Å². The summed E-state index contributed by atoms with van der Waals surface area (Å²) in [4.78, 5) is 0. The average Bonchev–Trinajstić information content (AvgIpc) is 2.81. The zero-order chi connectivity index (χ0) is 13.0. The quantitative estimate of drug-likeness (QED) is 0.864. The second-order valence-corrected chi connectivity index (χ2v) is 5.10. The average molecular weight is 309 g/mol. The van der Waals surface area contributed by atoms with Crippen LogP contribution < -0.4 is 5.32 Å². The lowest BCUT2D eigenvalue weighted by Gasteiger charge is -2.08. The summed E-state index contributed by atoms with van der Waals surface area (Å²) in [7, 11) is 0. The third-order valence-corrected chi connectivity index (χ3v) is 3.63. The molecule has 0 bridgehead atoms. The van der Waals surface area contributed by atoms with Gasteiger partial charge in [-0.1, -0.05) is 28.1 Å². The molecule has 96 valence electrons. The van der Waals surface area contributed by atoms with E-state index in [9.17, 15) is 0 Å². The molecule has 1 aromatic carbocycles. The van der Waals surface area contributed by atoms with Crippen molar-refractivity contribution in [1.82, 2.24) is 20.3 Å². The predicted octanol–water partition coefficient (Wildman–Crippen LogP) is 2.84. The van der Waals surface area contributed by atoms with Crippen molar-refractivity contribution < 1.29 is 0 Å². The Morgan fingerprint density at radius 2 is 2.22 bits per heavy atom. The smallest absolute Gasteiger partial charge is 0.0783 e. The summed E-state index contributed by atoms with van der Waals surface area (Å²) in [5.41, 5.74) is 3.31. The number of rotatable bonds is 5. The number of nitrogens with zero attached hydrogens (tertiary/aromatic N) is 3. The largest absolute Gasteiger partial charge is 0.311 e. The fourth-order valence-electron chi connectivity index (χ4n) is 1.75. The van der Waals surface area contributed by atoms with Crippen molar-refractivity contribution in [2.45, 2.75) is 26.8 Å². The normalized spacial score (nSPS) is 10.8. The van der Waals surface area contributed by atoms with Crippen LogP contribution in [-0.2, 0) is 6.54 Å². The van der Waals surface area contributed by atoms with Gasteiger partial charge in [-0.2, -0.15) is 0 Å². The highest BCUT2D eigenvalue weighted by Gasteiger charge is 2.06. The maximum Gasteiger partial charge on any atom is 0.0783 e. The molecular formula is C13H17BrN4. The van der Waals surface area contributed by atoms with Crippen molar-refractivity contribution in [3.05, 3.63) is 40.1 Å². The summed E-state index contributed by atoms with van der Waals surface area (Å²) in [5.74, 6) is 0. The van der Waals surface area contributed by atoms with Gasteiger partial charge in [0.1, 0.15) is 0 Å². The summed E-state index contributed by atoms with van der Waals surface area (Å²) in [6.07, 6.45) is 2.93. The fraction of sp³-hybridized carbons (Fsp3) is 0.385. The summed E-state index contributed by atoms with van der Waals surface area (Å²) < 4.78 is 2.99. The lowest BCUT2D eigenvalue weighted by Crippen LogP contribution is -2.16. The Bertz CT molecular complexity index is 521. The highest BCUT2D eigenvalue weighted by molar-refractivity contribution is 9.10. The zero-order valence-electron chi connectivity index (χ0n) is 10.7. The third kappa shape index (κ3) is 2.97. The van der Waals surface area contributed by atoms with Crippen LogP contribution in [0.4, 0.5) is 0 Å². The number of aryl methyl sites for hydroxylation is 1. The molecule has 0 amide bonds. The molecule has 0 aliphatic heterocycles. The molecule has 1 aromatic heterocycles. The standard InChI is InChI=1S/C13H17BrN4/c1-3-6-15-8-12-9-16-17-18(12)11-4-5-13(14)10(2)7-11/h4-5,7,9,15H,3,6,8H2,1-2H3. The van der Waals surface area contributed by atoms with E-state index in [1.54, 1.807) is 6.20 Å². The van der Waals surface area contributed by atoms with Crippen molar-refractivity contribution in [2.24, 2.45) is 0 Å². The molecule has 0 radical (unpaired) electrons. The molecule has 0 unspecified atom stereocenters. The Morgan fingerprint density at radius 1 is 1.39 bits per heavy atom. The molecule has 0 saturated heterocycles. The zero-order valence-corrected chi connectivity index (χ0v) is 12.2. The number of aromatic nitrogens is 3. The monoisotopic (exact) mass is 308 g/mol. The van der Waals surface area contributed by atoms with Crippen molar-refractivity contribution in [3.63, 3.8) is 0 Å². The molecule has 0 fully saturated rings. The predicted molar refractivity (Wildman–Crippen MR) is 75.8 cm³/mol. The molecule has 2 aromatic rings. The minimum absolute atomic E-state index is 0.788. The Morgan fingerprint density at radius 3 is 2.94 bits per heavy atom. The first-order chi connectivity index (χ1) is 8.72. The Hall–Kier alpha value is -1.20. The highest BCUT2D eigenvalue weighted by atomic mass is 79.9. The first-order valence-corrected chi connectivity index (χ1v) is 6.88. The van der Waals surface area contributed by atoms with E-state index in [0.29, 0.717) is 0 Å². The van der Waals surface area contributed by atoms with E-state index in [1.807, 2.05) is 16.8 Å². The van der Waals surface area contributed by atoms with Gasteiger partial charge in [-0.15, -0.1) is 5.10 Å². The maximum atomic E-state index is 4.15. The fourth-order valence-corrected chi connectivity index (χ4v) is 1.99. The molecule has 0 aliphatic carbocycles. The summed E-state index contributed by atoms with van der Waals surface area (Å²) in [6, 6.07) is 6.17. The molecule has 0 saturated carbocycles. The van der Waals surface area contributed by atoms with Gasteiger partial charge in [0.25, 0.3) is 0 Å². The molecule has 0 aliphatic rings. The topological polar surface area (TPSA) is 42.7 Å². The molecule has 2 rings (SSSR count). The van der Waals surface area contributed by atoms with Crippen LogP contribution in [0.5, 0.6) is 0 Å². The van der Waals surface area contributed by atoms with Crippen LogP contribution in [0.2, 0.25) is 0 Å². The summed E-state index contributed by atoms with van der Waals surface area (Å²) in [6.45, 7) is 6.01. The molecule has 1 N–H and O–H groups in total. The summed E-state index contributed by atoms with van der Waals surface area (Å²) >= 11 is 3.50. The van der Waals surface area contributed by atoms with Crippen LogP contribution in [0.15, 0.2) is 28.9 Å². The van der Waals surface area contributed by atoms with E-state index in [-0.39, 0.29) is 0 Å². The van der Waals surface area contributed by atoms with Gasteiger partial charge in [0.05, 0.1) is 17.6 Å². The van der Waals surface area contributed by atoms with Gasteiger partial charge < -0.3 is 5.32 Å². The Balaban J connectivity index is 2.22. The van der Waals surface area contributed by atoms with Gasteiger partial charge in [0.2, 0.25) is 0 Å². The van der Waals surface area contributed by atoms with Crippen molar-refractivity contribution >= 4 is 15.9 Å². The van der Waals surface area contributed by atoms with Gasteiger partial charge in [-0.3, -0.25) is 0 Å². The highest BCUT2D eigenvalue weighted by Crippen LogP contribution is 2.19. The minimum atomic E-state index is 0.788. The van der Waals surface area contributed by atoms with Crippen LogP contribution in [-0.4, -0.2) is 21.5 Å². The second-order valence-electron chi connectivity index (χ2n) is 4.25. The van der Waals surface area contributed by atoms with E-state index in [1.165, 1.54) is 5.56 Å². The first-order valence-electron chi connectivity index (χ1n) is 6.09. The number of hydrogen-bond acceptors (Lipinski definition) is 3. The van der Waals surface area contributed by atoms with Crippen molar-refractivity contribution in [2.75, 3.05) is 6.54 Å². The number of hydrogen-bond donors (Lipinski definition) is 1. The van der Waals surface area contributed by atoms with E-state index in [0.717, 1.165) is 35.4 Å². The van der Waals surface area contributed by atoms with Gasteiger partial charge in [-0.05, 0) is 43.7 Å². The van der Waals surface area contributed by atoms with Gasteiger partial charge in [0.15, 0.2) is 0 Å². The van der Waals surface area contributed by atoms with Crippen LogP contribution in [0.25, 0.3) is 5.69 Å². The number of benzene rings is 1. The van der Waals surface area contributed by atoms with E-state index in [2.05, 4.69) is 51.5 Å². The van der Waals surface area contributed by atoms with E-state index in [4.69, 9.17) is 0 Å². The third-order valence-electron chi connectivity index (χ3n) is 2.74. The van der Waals surface area contributed by atoms with E-state index < -0.39 is 0 Å². The van der Waals surface area contributed by atoms with Crippen molar-refractivity contribution in [1.29, 1.82) is 0 Å². The van der Waals surface area contributed by atoms with Crippen LogP contribution >= 0.6 is 15.9 Å². The second kappa shape index (κ2) is 6.11. The molecule has 18 heavy (non-hydrogen) atoms. The van der Waals surface area contributed by atoms with Crippen LogP contribution in [0.3, 0.4) is 0 Å².